The highest BCUT2D eigenvalue weighted by molar-refractivity contribution is 8.00. The lowest BCUT2D eigenvalue weighted by Crippen LogP contribution is -2.38. The van der Waals surface area contributed by atoms with Gasteiger partial charge in [0.1, 0.15) is 6.54 Å². The van der Waals surface area contributed by atoms with Gasteiger partial charge in [-0.05, 0) is 12.7 Å². The van der Waals surface area contributed by atoms with E-state index in [1.54, 1.807) is 12.3 Å². The summed E-state index contributed by atoms with van der Waals surface area (Å²) in [7, 11) is 0. The van der Waals surface area contributed by atoms with Crippen molar-refractivity contribution in [3.63, 3.8) is 0 Å². The van der Waals surface area contributed by atoms with E-state index in [0.29, 0.717) is 11.5 Å². The molecule has 0 aromatic heterocycles. The van der Waals surface area contributed by atoms with E-state index in [0.717, 1.165) is 0 Å². The summed E-state index contributed by atoms with van der Waals surface area (Å²) in [5.74, 6) is -2.29. The fraction of sp³-hybridized carbons (Fsp3) is 0.500. The molecule has 20 heavy (non-hydrogen) atoms. The Bertz CT molecular complexity index is 438. The molecular formula is C12H16N2O5S. The van der Waals surface area contributed by atoms with Crippen LogP contribution in [0.25, 0.3) is 0 Å². The predicted octanol–water partition coefficient (Wildman–Crippen LogP) is 0.0175. The summed E-state index contributed by atoms with van der Waals surface area (Å²) in [6.07, 6.45) is 4.01. The fourth-order valence-corrected chi connectivity index (χ4v) is 2.10. The van der Waals surface area contributed by atoms with E-state index in [4.69, 9.17) is 0 Å². The van der Waals surface area contributed by atoms with E-state index in [9.17, 15) is 19.2 Å². The molecule has 1 fully saturated rings. The second-order valence-electron chi connectivity index (χ2n) is 4.02. The summed E-state index contributed by atoms with van der Waals surface area (Å²) in [4.78, 5) is 50.5. The number of carbonyl (C=O) groups excluding carboxylic acids is 4. The van der Waals surface area contributed by atoms with Gasteiger partial charge in [0.05, 0.1) is 11.7 Å². The SMILES string of the molecule is C=CCCC(=O)NCC(=O)ON1C(=O)CC(SC)C1=O. The minimum atomic E-state index is -0.861. The lowest BCUT2D eigenvalue weighted by molar-refractivity contribution is -0.196. The van der Waals surface area contributed by atoms with E-state index in [1.165, 1.54) is 11.8 Å². The average Bonchev–Trinajstić information content (AvgIpc) is 2.70. The summed E-state index contributed by atoms with van der Waals surface area (Å²) in [6, 6.07) is 0. The molecule has 1 aliphatic heterocycles. The molecule has 1 unspecified atom stereocenters. The molecule has 0 spiro atoms. The Kier molecular flexibility index (Phi) is 6.23. The molecule has 0 radical (unpaired) electrons. The maximum Gasteiger partial charge on any atom is 0.352 e. The number of hydroxylamine groups is 2. The standard InChI is InChI=1S/C12H16N2O5S/c1-3-4-5-9(15)13-7-11(17)19-14-10(16)6-8(20-2)12(14)18/h3,8H,1,4-7H2,2H3,(H,13,15). The summed E-state index contributed by atoms with van der Waals surface area (Å²) in [5, 5.41) is 2.29. The van der Waals surface area contributed by atoms with Crippen molar-refractivity contribution in [3.05, 3.63) is 12.7 Å². The normalized spacial score (nSPS) is 18.1. The zero-order valence-electron chi connectivity index (χ0n) is 11.1. The van der Waals surface area contributed by atoms with Crippen molar-refractivity contribution < 1.29 is 24.0 Å². The topological polar surface area (TPSA) is 92.8 Å². The molecule has 0 aliphatic carbocycles. The molecular weight excluding hydrogens is 284 g/mol. The number of allylic oxidation sites excluding steroid dienone is 1. The molecule has 1 atom stereocenters. The first kappa shape index (κ1) is 16.2. The van der Waals surface area contributed by atoms with Gasteiger partial charge >= 0.3 is 5.97 Å². The molecule has 7 nitrogen and oxygen atoms in total. The number of nitrogens with zero attached hydrogens (tertiary/aromatic N) is 1. The van der Waals surface area contributed by atoms with E-state index >= 15 is 0 Å². The van der Waals surface area contributed by atoms with E-state index in [1.807, 2.05) is 0 Å². The number of hydrogen-bond acceptors (Lipinski definition) is 6. The third-order valence-electron chi connectivity index (χ3n) is 2.55. The predicted molar refractivity (Wildman–Crippen MR) is 72.3 cm³/mol. The quantitative estimate of drug-likeness (QED) is 0.526. The van der Waals surface area contributed by atoms with Gasteiger partial charge in [-0.15, -0.1) is 11.6 Å². The van der Waals surface area contributed by atoms with Gasteiger partial charge < -0.3 is 10.2 Å². The number of amides is 3. The Morgan fingerprint density at radius 1 is 1.55 bits per heavy atom. The zero-order chi connectivity index (χ0) is 15.1. The van der Waals surface area contributed by atoms with E-state index in [-0.39, 0.29) is 18.7 Å². The van der Waals surface area contributed by atoms with Crippen LogP contribution in [0.1, 0.15) is 19.3 Å². The van der Waals surface area contributed by atoms with Crippen molar-refractivity contribution in [1.82, 2.24) is 10.4 Å². The van der Waals surface area contributed by atoms with E-state index in [2.05, 4.69) is 16.7 Å². The molecule has 3 amide bonds. The molecule has 0 bridgehead atoms. The molecule has 1 heterocycles. The Balaban J connectivity index is 2.39. The van der Waals surface area contributed by atoms with Crippen LogP contribution in [0.15, 0.2) is 12.7 Å². The molecule has 8 heteroatoms. The van der Waals surface area contributed by atoms with Crippen molar-refractivity contribution in [2.45, 2.75) is 24.5 Å². The minimum Gasteiger partial charge on any atom is -0.345 e. The molecule has 1 aliphatic rings. The highest BCUT2D eigenvalue weighted by atomic mass is 32.2. The monoisotopic (exact) mass is 300 g/mol. The van der Waals surface area contributed by atoms with Crippen molar-refractivity contribution in [1.29, 1.82) is 0 Å². The lowest BCUT2D eigenvalue weighted by atomic mass is 10.3. The zero-order valence-corrected chi connectivity index (χ0v) is 11.9. The molecule has 110 valence electrons. The summed E-state index contributed by atoms with van der Waals surface area (Å²) < 4.78 is 0. The van der Waals surface area contributed by atoms with Gasteiger partial charge in [-0.3, -0.25) is 14.4 Å². The molecule has 0 aromatic carbocycles. The van der Waals surface area contributed by atoms with Crippen molar-refractivity contribution >= 4 is 35.5 Å². The van der Waals surface area contributed by atoms with Gasteiger partial charge in [-0.25, -0.2) is 4.79 Å². The van der Waals surface area contributed by atoms with E-state index < -0.39 is 29.6 Å². The van der Waals surface area contributed by atoms with Gasteiger partial charge in [0.2, 0.25) is 5.91 Å². The highest BCUT2D eigenvalue weighted by Gasteiger charge is 2.41. The highest BCUT2D eigenvalue weighted by Crippen LogP contribution is 2.23. The van der Waals surface area contributed by atoms with Crippen LogP contribution >= 0.6 is 11.8 Å². The van der Waals surface area contributed by atoms with Crippen LogP contribution in [-0.4, -0.2) is 46.8 Å². The molecule has 0 aromatic rings. The lowest BCUT2D eigenvalue weighted by Gasteiger charge is -2.13. The molecule has 1 rings (SSSR count). The fourth-order valence-electron chi connectivity index (χ4n) is 1.49. The summed E-state index contributed by atoms with van der Waals surface area (Å²) >= 11 is 1.22. The Morgan fingerprint density at radius 2 is 2.25 bits per heavy atom. The second kappa shape index (κ2) is 7.68. The first-order chi connectivity index (χ1) is 9.49. The molecule has 1 N–H and O–H groups in total. The molecule has 1 saturated heterocycles. The maximum absolute atomic E-state index is 11.7. The number of rotatable bonds is 7. The van der Waals surface area contributed by atoms with Crippen LogP contribution < -0.4 is 5.32 Å². The van der Waals surface area contributed by atoms with Crippen LogP contribution in [0.5, 0.6) is 0 Å². The minimum absolute atomic E-state index is 0.0129. The molecule has 0 saturated carbocycles. The largest absolute Gasteiger partial charge is 0.352 e. The number of nitrogens with one attached hydrogen (secondary N) is 1. The number of thioether (sulfide) groups is 1. The van der Waals surface area contributed by atoms with Crippen LogP contribution in [0.4, 0.5) is 0 Å². The average molecular weight is 300 g/mol. The van der Waals surface area contributed by atoms with Crippen LogP contribution in [0.2, 0.25) is 0 Å². The number of imide groups is 1. The summed E-state index contributed by atoms with van der Waals surface area (Å²) in [6.45, 7) is 3.08. The first-order valence-electron chi connectivity index (χ1n) is 5.97. The van der Waals surface area contributed by atoms with Crippen LogP contribution in [0, 0.1) is 0 Å². The summed E-state index contributed by atoms with van der Waals surface area (Å²) in [5.41, 5.74) is 0. The number of hydrogen-bond donors (Lipinski definition) is 1. The number of carbonyl (C=O) groups is 4. The second-order valence-corrected chi connectivity index (χ2v) is 5.06. The third-order valence-corrected chi connectivity index (χ3v) is 3.48. The van der Waals surface area contributed by atoms with Gasteiger partial charge in [-0.1, -0.05) is 6.08 Å². The Labute approximate surface area is 120 Å². The Morgan fingerprint density at radius 3 is 2.80 bits per heavy atom. The Hall–Kier alpha value is -1.83. The first-order valence-corrected chi connectivity index (χ1v) is 7.26. The van der Waals surface area contributed by atoms with Gasteiger partial charge in [0, 0.05) is 6.42 Å². The van der Waals surface area contributed by atoms with Gasteiger partial charge in [-0.2, -0.15) is 11.8 Å². The van der Waals surface area contributed by atoms with Gasteiger partial charge in [0.25, 0.3) is 11.8 Å². The van der Waals surface area contributed by atoms with Crippen LogP contribution in [0.3, 0.4) is 0 Å². The third kappa shape index (κ3) is 4.37. The van der Waals surface area contributed by atoms with Gasteiger partial charge in [0.15, 0.2) is 0 Å². The van der Waals surface area contributed by atoms with Crippen LogP contribution in [-0.2, 0) is 24.0 Å². The van der Waals surface area contributed by atoms with Crippen molar-refractivity contribution in [2.75, 3.05) is 12.8 Å². The maximum atomic E-state index is 11.7. The van der Waals surface area contributed by atoms with Crippen molar-refractivity contribution in [2.24, 2.45) is 0 Å². The smallest absolute Gasteiger partial charge is 0.345 e. The van der Waals surface area contributed by atoms with Crippen molar-refractivity contribution in [3.8, 4) is 0 Å².